The van der Waals surface area contributed by atoms with Gasteiger partial charge in [-0.15, -0.1) is 0 Å². The fraction of sp³-hybridized carbons (Fsp3) is 0.231. The van der Waals surface area contributed by atoms with E-state index in [0.29, 0.717) is 10.6 Å². The number of rotatable bonds is 4. The molecule has 5 heteroatoms. The Morgan fingerprint density at radius 3 is 2.50 bits per heavy atom. The lowest BCUT2D eigenvalue weighted by atomic mass is 10.0. The van der Waals surface area contributed by atoms with Crippen LogP contribution in [0.5, 0.6) is 0 Å². The van der Waals surface area contributed by atoms with Gasteiger partial charge in [0.25, 0.3) is 0 Å². The molecule has 92 valence electrons. The number of hydrazine groups is 1. The summed E-state index contributed by atoms with van der Waals surface area (Å²) in [5.41, 5.74) is 4.17. The topological polar surface area (TPSA) is 85.6 Å². The minimum Gasteiger partial charge on any atom is -0.322 e. The summed E-state index contributed by atoms with van der Waals surface area (Å²) < 4.78 is 0. The Morgan fingerprint density at radius 2 is 2.06 bits per heavy atom. The number of benzene rings is 1. The number of nitriles is 2. The van der Waals surface area contributed by atoms with Crippen molar-refractivity contribution in [3.63, 3.8) is 0 Å². The first-order valence-corrected chi connectivity index (χ1v) is 5.85. The molecular weight excluding hydrogens is 248 g/mol. The lowest BCUT2D eigenvalue weighted by molar-refractivity contribution is 0.920. The molecule has 0 spiro atoms. The van der Waals surface area contributed by atoms with Gasteiger partial charge in [0.15, 0.2) is 5.57 Å². The molecule has 4 nitrogen and oxygen atoms in total. The van der Waals surface area contributed by atoms with Gasteiger partial charge >= 0.3 is 0 Å². The van der Waals surface area contributed by atoms with Crippen LogP contribution < -0.4 is 11.3 Å². The molecule has 0 aliphatic heterocycles. The molecule has 0 amide bonds. The molecule has 0 unspecified atom stereocenters. The van der Waals surface area contributed by atoms with Gasteiger partial charge < -0.3 is 5.43 Å². The Labute approximate surface area is 111 Å². The molecule has 0 saturated carbocycles. The second kappa shape index (κ2) is 6.66. The summed E-state index contributed by atoms with van der Waals surface area (Å²) >= 11 is 6.15. The zero-order valence-corrected chi connectivity index (χ0v) is 10.8. The Balaban J connectivity index is 3.30. The SMILES string of the molecule is CCCc1ccc(C(NN)=C(C#N)C#N)c(Cl)c1. The van der Waals surface area contributed by atoms with Crippen LogP contribution in [0.4, 0.5) is 0 Å². The molecule has 1 rings (SSSR count). The second-order valence-electron chi connectivity index (χ2n) is 3.68. The molecule has 18 heavy (non-hydrogen) atoms. The van der Waals surface area contributed by atoms with Gasteiger partial charge in [0.05, 0.1) is 10.7 Å². The molecule has 0 fully saturated rings. The van der Waals surface area contributed by atoms with Crippen molar-refractivity contribution in [3.8, 4) is 12.1 Å². The number of allylic oxidation sites excluding steroid dienone is 1. The molecule has 0 atom stereocenters. The van der Waals surface area contributed by atoms with Gasteiger partial charge in [-0.25, -0.2) is 0 Å². The molecule has 3 N–H and O–H groups in total. The molecule has 0 saturated heterocycles. The van der Waals surface area contributed by atoms with Crippen molar-refractivity contribution >= 4 is 17.3 Å². The van der Waals surface area contributed by atoms with E-state index in [9.17, 15) is 0 Å². The quantitative estimate of drug-likeness (QED) is 0.495. The van der Waals surface area contributed by atoms with Crippen LogP contribution in [0, 0.1) is 22.7 Å². The van der Waals surface area contributed by atoms with Gasteiger partial charge in [-0.2, -0.15) is 10.5 Å². The first-order chi connectivity index (χ1) is 8.67. The van der Waals surface area contributed by atoms with Crippen molar-refractivity contribution in [2.75, 3.05) is 0 Å². The van der Waals surface area contributed by atoms with Crippen molar-refractivity contribution < 1.29 is 0 Å². The Bertz CT molecular complexity index is 533. The summed E-state index contributed by atoms with van der Waals surface area (Å²) in [6, 6.07) is 9.07. The largest absolute Gasteiger partial charge is 0.322 e. The Morgan fingerprint density at radius 1 is 1.39 bits per heavy atom. The van der Waals surface area contributed by atoms with Gasteiger partial charge in [-0.3, -0.25) is 5.84 Å². The summed E-state index contributed by atoms with van der Waals surface area (Å²) in [6.07, 6.45) is 1.95. The number of nitrogens with zero attached hydrogens (tertiary/aromatic N) is 2. The van der Waals surface area contributed by atoms with Crippen molar-refractivity contribution in [1.82, 2.24) is 5.43 Å². The lowest BCUT2D eigenvalue weighted by Gasteiger charge is -2.10. The zero-order valence-electron chi connectivity index (χ0n) is 10.00. The average Bonchev–Trinajstić information content (AvgIpc) is 2.37. The molecule has 0 aliphatic carbocycles. The van der Waals surface area contributed by atoms with E-state index in [2.05, 4.69) is 12.3 Å². The van der Waals surface area contributed by atoms with Gasteiger partial charge in [0.1, 0.15) is 12.1 Å². The maximum absolute atomic E-state index is 8.85. The van der Waals surface area contributed by atoms with Gasteiger partial charge in [0.2, 0.25) is 0 Å². The third-order valence-electron chi connectivity index (χ3n) is 2.46. The summed E-state index contributed by atoms with van der Waals surface area (Å²) in [4.78, 5) is 0. The molecule has 0 radical (unpaired) electrons. The Kier molecular flexibility index (Phi) is 5.20. The predicted octanol–water partition coefficient (Wildman–Crippen LogP) is 2.51. The minimum atomic E-state index is -0.0948. The second-order valence-corrected chi connectivity index (χ2v) is 4.09. The first kappa shape index (κ1) is 14.1. The van der Waals surface area contributed by atoms with Crippen LogP contribution in [0.1, 0.15) is 24.5 Å². The van der Waals surface area contributed by atoms with Crippen LogP contribution in [-0.4, -0.2) is 0 Å². The maximum Gasteiger partial charge on any atom is 0.154 e. The van der Waals surface area contributed by atoms with Crippen molar-refractivity contribution in [1.29, 1.82) is 10.5 Å². The molecule has 1 aromatic rings. The highest BCUT2D eigenvalue weighted by atomic mass is 35.5. The zero-order chi connectivity index (χ0) is 13.5. The normalized spacial score (nSPS) is 9.17. The third-order valence-corrected chi connectivity index (χ3v) is 2.77. The average molecular weight is 261 g/mol. The molecule has 0 heterocycles. The molecule has 0 aromatic heterocycles. The van der Waals surface area contributed by atoms with Crippen LogP contribution in [0.3, 0.4) is 0 Å². The number of aryl methyl sites for hydroxylation is 1. The van der Waals surface area contributed by atoms with E-state index in [1.165, 1.54) is 0 Å². The molecule has 0 aliphatic rings. The van der Waals surface area contributed by atoms with Gasteiger partial charge in [-0.1, -0.05) is 37.1 Å². The number of hydrogen-bond acceptors (Lipinski definition) is 4. The Hall–Kier alpha value is -2.01. The molecular formula is C13H13ClN4. The van der Waals surface area contributed by atoms with Gasteiger partial charge in [0, 0.05) is 5.56 Å². The minimum absolute atomic E-state index is 0.0948. The third kappa shape index (κ3) is 3.01. The highest BCUT2D eigenvalue weighted by molar-refractivity contribution is 6.32. The van der Waals surface area contributed by atoms with E-state index in [1.54, 1.807) is 18.2 Å². The van der Waals surface area contributed by atoms with E-state index in [1.807, 2.05) is 12.1 Å². The number of hydrogen-bond donors (Lipinski definition) is 2. The monoisotopic (exact) mass is 260 g/mol. The smallest absolute Gasteiger partial charge is 0.154 e. The van der Waals surface area contributed by atoms with Crippen molar-refractivity contribution in [2.24, 2.45) is 5.84 Å². The van der Waals surface area contributed by atoms with E-state index in [-0.39, 0.29) is 11.3 Å². The van der Waals surface area contributed by atoms with Crippen LogP contribution >= 0.6 is 11.6 Å². The van der Waals surface area contributed by atoms with Crippen LogP contribution in [0.25, 0.3) is 5.70 Å². The van der Waals surface area contributed by atoms with E-state index in [4.69, 9.17) is 28.0 Å². The standard InChI is InChI=1S/C13H13ClN4/c1-2-3-9-4-5-11(12(14)6-9)13(18-17)10(7-15)8-16/h4-6,18H,2-3,17H2,1H3. The van der Waals surface area contributed by atoms with E-state index < -0.39 is 0 Å². The van der Waals surface area contributed by atoms with Crippen LogP contribution in [0.2, 0.25) is 5.02 Å². The van der Waals surface area contributed by atoms with E-state index >= 15 is 0 Å². The number of halogens is 1. The first-order valence-electron chi connectivity index (χ1n) is 5.47. The fourth-order valence-electron chi connectivity index (χ4n) is 1.63. The molecule has 0 bridgehead atoms. The summed E-state index contributed by atoms with van der Waals surface area (Å²) in [7, 11) is 0. The number of nitrogens with two attached hydrogens (primary N) is 1. The predicted molar refractivity (Wildman–Crippen MR) is 70.9 cm³/mol. The summed E-state index contributed by atoms with van der Waals surface area (Å²) in [5, 5.41) is 18.2. The summed E-state index contributed by atoms with van der Waals surface area (Å²) in [5.74, 6) is 5.35. The van der Waals surface area contributed by atoms with Crippen molar-refractivity contribution in [3.05, 3.63) is 39.9 Å². The van der Waals surface area contributed by atoms with Crippen molar-refractivity contribution in [2.45, 2.75) is 19.8 Å². The fourth-order valence-corrected chi connectivity index (χ4v) is 1.92. The van der Waals surface area contributed by atoms with Crippen LogP contribution in [-0.2, 0) is 6.42 Å². The highest BCUT2D eigenvalue weighted by Gasteiger charge is 2.11. The molecule has 1 aromatic carbocycles. The summed E-state index contributed by atoms with van der Waals surface area (Å²) in [6.45, 7) is 2.08. The van der Waals surface area contributed by atoms with Crippen LogP contribution in [0.15, 0.2) is 23.8 Å². The van der Waals surface area contributed by atoms with Gasteiger partial charge in [-0.05, 0) is 18.1 Å². The van der Waals surface area contributed by atoms with E-state index in [0.717, 1.165) is 18.4 Å². The number of nitrogens with one attached hydrogen (secondary N) is 1. The maximum atomic E-state index is 8.85. The lowest BCUT2D eigenvalue weighted by Crippen LogP contribution is -2.21. The highest BCUT2D eigenvalue weighted by Crippen LogP contribution is 2.25.